The minimum atomic E-state index is 0.244. The fourth-order valence-electron chi connectivity index (χ4n) is 2.41. The molecule has 0 aliphatic rings. The van der Waals surface area contributed by atoms with E-state index in [-0.39, 0.29) is 6.04 Å². The third-order valence-corrected chi connectivity index (χ3v) is 5.22. The van der Waals surface area contributed by atoms with Crippen LogP contribution in [0.15, 0.2) is 36.4 Å². The van der Waals surface area contributed by atoms with Crippen molar-refractivity contribution in [3.8, 4) is 0 Å². The van der Waals surface area contributed by atoms with Gasteiger partial charge in [-0.3, -0.25) is 0 Å². The van der Waals surface area contributed by atoms with Crippen LogP contribution in [-0.4, -0.2) is 6.54 Å². The summed E-state index contributed by atoms with van der Waals surface area (Å²) < 4.78 is 0.851. The van der Waals surface area contributed by atoms with Crippen LogP contribution in [-0.2, 0) is 0 Å². The van der Waals surface area contributed by atoms with Crippen LogP contribution in [0.25, 0.3) is 0 Å². The fraction of sp³-hybridized carbons (Fsp3) is 0.444. The highest BCUT2D eigenvalue weighted by molar-refractivity contribution is 7.16. The summed E-state index contributed by atoms with van der Waals surface area (Å²) in [6, 6.07) is 13.4. The number of hydrogen-bond donors (Lipinski definition) is 1. The Balaban J connectivity index is 2.24. The molecule has 1 N–H and O–H groups in total. The number of benzene rings is 1. The van der Waals surface area contributed by atoms with Gasteiger partial charge >= 0.3 is 0 Å². The van der Waals surface area contributed by atoms with E-state index in [4.69, 9.17) is 11.6 Å². The van der Waals surface area contributed by atoms with E-state index in [0.29, 0.717) is 5.92 Å². The van der Waals surface area contributed by atoms with Crippen molar-refractivity contribution in [2.75, 3.05) is 6.54 Å². The molecular formula is C18H24ClNS. The van der Waals surface area contributed by atoms with Crippen LogP contribution in [0.5, 0.6) is 0 Å². The Bertz CT molecular complexity index is 547. The number of hydrogen-bond acceptors (Lipinski definition) is 2. The SMILES string of the molecule is CCCNC(c1ccc(C(C)CC)cc1)c1ccc(Cl)s1. The average Bonchev–Trinajstić information content (AvgIpc) is 2.94. The van der Waals surface area contributed by atoms with Gasteiger partial charge in [-0.15, -0.1) is 11.3 Å². The van der Waals surface area contributed by atoms with E-state index in [1.807, 2.05) is 6.07 Å². The average molecular weight is 322 g/mol. The molecule has 2 atom stereocenters. The highest BCUT2D eigenvalue weighted by atomic mass is 35.5. The summed E-state index contributed by atoms with van der Waals surface area (Å²) in [4.78, 5) is 1.28. The fourth-order valence-corrected chi connectivity index (χ4v) is 3.57. The molecule has 114 valence electrons. The Kier molecular flexibility index (Phi) is 6.28. The van der Waals surface area contributed by atoms with Crippen LogP contribution in [0.2, 0.25) is 4.34 Å². The maximum absolute atomic E-state index is 6.10. The molecule has 0 bridgehead atoms. The highest BCUT2D eigenvalue weighted by Gasteiger charge is 2.15. The summed E-state index contributed by atoms with van der Waals surface area (Å²) >= 11 is 7.76. The summed E-state index contributed by atoms with van der Waals surface area (Å²) in [6.07, 6.45) is 2.30. The molecule has 0 aliphatic carbocycles. The Morgan fingerprint density at radius 2 is 1.71 bits per heavy atom. The van der Waals surface area contributed by atoms with Crippen molar-refractivity contribution in [1.29, 1.82) is 0 Å². The van der Waals surface area contributed by atoms with Gasteiger partial charge in [0.2, 0.25) is 0 Å². The van der Waals surface area contributed by atoms with Gasteiger partial charge in [-0.2, -0.15) is 0 Å². The first-order chi connectivity index (χ1) is 10.2. The lowest BCUT2D eigenvalue weighted by Gasteiger charge is -2.19. The normalized spacial score (nSPS) is 14.1. The molecule has 1 nitrogen and oxygen atoms in total. The zero-order valence-electron chi connectivity index (χ0n) is 13.0. The molecule has 21 heavy (non-hydrogen) atoms. The second-order valence-corrected chi connectivity index (χ2v) is 7.25. The van der Waals surface area contributed by atoms with Gasteiger partial charge in [0.1, 0.15) is 0 Å². The van der Waals surface area contributed by atoms with Gasteiger partial charge in [0.15, 0.2) is 0 Å². The minimum absolute atomic E-state index is 0.244. The van der Waals surface area contributed by atoms with Crippen molar-refractivity contribution in [1.82, 2.24) is 5.32 Å². The third kappa shape index (κ3) is 4.32. The molecule has 1 aromatic heterocycles. The minimum Gasteiger partial charge on any atom is -0.306 e. The molecule has 3 heteroatoms. The number of nitrogens with one attached hydrogen (secondary N) is 1. The molecule has 0 saturated carbocycles. The largest absolute Gasteiger partial charge is 0.306 e. The summed E-state index contributed by atoms with van der Waals surface area (Å²) in [5.74, 6) is 0.622. The van der Waals surface area contributed by atoms with Gasteiger partial charge in [0.05, 0.1) is 10.4 Å². The Labute approximate surface area is 137 Å². The smallest absolute Gasteiger partial charge is 0.0931 e. The topological polar surface area (TPSA) is 12.0 Å². The first kappa shape index (κ1) is 16.5. The molecule has 0 radical (unpaired) electrons. The van der Waals surface area contributed by atoms with Crippen molar-refractivity contribution < 1.29 is 0 Å². The second kappa shape index (κ2) is 7.98. The van der Waals surface area contributed by atoms with Gasteiger partial charge in [-0.05, 0) is 48.6 Å². The van der Waals surface area contributed by atoms with Crippen LogP contribution in [0, 0.1) is 0 Å². The Morgan fingerprint density at radius 1 is 1.05 bits per heavy atom. The lowest BCUT2D eigenvalue weighted by atomic mass is 9.95. The van der Waals surface area contributed by atoms with Crippen LogP contribution in [0.1, 0.15) is 61.6 Å². The molecule has 0 amide bonds. The number of rotatable bonds is 7. The molecule has 2 aromatic rings. The molecule has 0 spiro atoms. The second-order valence-electron chi connectivity index (χ2n) is 5.50. The van der Waals surface area contributed by atoms with E-state index in [9.17, 15) is 0 Å². The van der Waals surface area contributed by atoms with E-state index >= 15 is 0 Å². The van der Waals surface area contributed by atoms with Crippen LogP contribution < -0.4 is 5.32 Å². The zero-order chi connectivity index (χ0) is 15.2. The predicted molar refractivity (Wildman–Crippen MR) is 94.6 cm³/mol. The van der Waals surface area contributed by atoms with Crippen molar-refractivity contribution in [3.05, 3.63) is 56.7 Å². The first-order valence-corrected chi connectivity index (χ1v) is 8.93. The Morgan fingerprint density at radius 3 is 2.24 bits per heavy atom. The molecular weight excluding hydrogens is 298 g/mol. The third-order valence-electron chi connectivity index (χ3n) is 3.93. The van der Waals surface area contributed by atoms with Crippen LogP contribution in [0.4, 0.5) is 0 Å². The zero-order valence-corrected chi connectivity index (χ0v) is 14.6. The monoisotopic (exact) mass is 321 g/mol. The van der Waals surface area contributed by atoms with Crippen LogP contribution in [0.3, 0.4) is 0 Å². The van der Waals surface area contributed by atoms with Gasteiger partial charge in [-0.1, -0.05) is 56.6 Å². The van der Waals surface area contributed by atoms with E-state index in [1.165, 1.54) is 22.4 Å². The number of thiophene rings is 1. The number of halogens is 1. The van der Waals surface area contributed by atoms with Gasteiger partial charge in [0, 0.05) is 4.88 Å². The quantitative estimate of drug-likeness (QED) is 0.659. The molecule has 2 unspecified atom stereocenters. The van der Waals surface area contributed by atoms with Gasteiger partial charge in [0.25, 0.3) is 0 Å². The standard InChI is InChI=1S/C18H24ClNS/c1-4-12-20-18(16-10-11-17(19)21-16)15-8-6-14(7-9-15)13(3)5-2/h6-11,13,18,20H,4-5,12H2,1-3H3. The summed E-state index contributed by atoms with van der Waals surface area (Å²) in [6.45, 7) is 7.71. The van der Waals surface area contributed by atoms with Crippen molar-refractivity contribution >= 4 is 22.9 Å². The molecule has 0 aliphatic heterocycles. The predicted octanol–water partition coefficient (Wildman–Crippen LogP) is 6.00. The maximum Gasteiger partial charge on any atom is 0.0931 e. The van der Waals surface area contributed by atoms with Gasteiger partial charge < -0.3 is 5.32 Å². The lowest BCUT2D eigenvalue weighted by molar-refractivity contribution is 0.605. The van der Waals surface area contributed by atoms with Crippen LogP contribution >= 0.6 is 22.9 Å². The summed E-state index contributed by atoms with van der Waals surface area (Å²) in [7, 11) is 0. The summed E-state index contributed by atoms with van der Waals surface area (Å²) in [5, 5.41) is 3.63. The molecule has 2 rings (SSSR count). The molecule has 1 aromatic carbocycles. The molecule has 0 fully saturated rings. The van der Waals surface area contributed by atoms with E-state index in [2.05, 4.69) is 56.4 Å². The van der Waals surface area contributed by atoms with Crippen molar-refractivity contribution in [2.45, 2.75) is 45.6 Å². The van der Waals surface area contributed by atoms with Gasteiger partial charge in [-0.25, -0.2) is 0 Å². The molecule has 0 saturated heterocycles. The van der Waals surface area contributed by atoms with Crippen molar-refractivity contribution in [2.24, 2.45) is 0 Å². The van der Waals surface area contributed by atoms with E-state index in [0.717, 1.165) is 17.3 Å². The highest BCUT2D eigenvalue weighted by Crippen LogP contribution is 2.32. The Hall–Kier alpha value is -0.830. The first-order valence-electron chi connectivity index (χ1n) is 7.74. The van der Waals surface area contributed by atoms with Crippen molar-refractivity contribution in [3.63, 3.8) is 0 Å². The van der Waals surface area contributed by atoms with E-state index in [1.54, 1.807) is 11.3 Å². The molecule has 1 heterocycles. The van der Waals surface area contributed by atoms with E-state index < -0.39 is 0 Å². The maximum atomic E-state index is 6.10. The lowest BCUT2D eigenvalue weighted by Crippen LogP contribution is -2.22. The summed E-state index contributed by atoms with van der Waals surface area (Å²) in [5.41, 5.74) is 2.73.